The van der Waals surface area contributed by atoms with Gasteiger partial charge in [-0.15, -0.1) is 0 Å². The summed E-state index contributed by atoms with van der Waals surface area (Å²) < 4.78 is 12.0. The Bertz CT molecular complexity index is 795. The van der Waals surface area contributed by atoms with Gasteiger partial charge in [0.1, 0.15) is 12.4 Å². The molecule has 0 amide bonds. The molecule has 0 saturated heterocycles. The molecule has 138 valence electrons. The Balaban J connectivity index is 1.56. The standard InChI is InChI=1S/C19H25N5O2/c1-23(2)19-21-15-10-20-9-8-14(15)18(22-19)24(3)11-13-12-25-16-6-4-5-7-17(16)26-13/h4-7,13,20H,8-12H2,1-3H3/t13-/m1/s1. The van der Waals surface area contributed by atoms with Gasteiger partial charge in [-0.2, -0.15) is 4.98 Å². The number of aromatic nitrogens is 2. The van der Waals surface area contributed by atoms with E-state index in [1.807, 2.05) is 43.3 Å². The third-order valence-corrected chi connectivity index (χ3v) is 4.71. The van der Waals surface area contributed by atoms with Gasteiger partial charge in [-0.1, -0.05) is 12.1 Å². The van der Waals surface area contributed by atoms with Crippen molar-refractivity contribution >= 4 is 11.8 Å². The fourth-order valence-electron chi connectivity index (χ4n) is 3.39. The molecule has 26 heavy (non-hydrogen) atoms. The predicted octanol–water partition coefficient (Wildman–Crippen LogP) is 1.46. The summed E-state index contributed by atoms with van der Waals surface area (Å²) in [6.07, 6.45) is 0.901. The van der Waals surface area contributed by atoms with Gasteiger partial charge >= 0.3 is 0 Å². The molecule has 0 fully saturated rings. The summed E-state index contributed by atoms with van der Waals surface area (Å²) in [4.78, 5) is 13.6. The summed E-state index contributed by atoms with van der Waals surface area (Å²) >= 11 is 0. The first-order valence-corrected chi connectivity index (χ1v) is 8.99. The molecular weight excluding hydrogens is 330 g/mol. The molecule has 2 aliphatic heterocycles. The van der Waals surface area contributed by atoms with Crippen molar-refractivity contribution in [1.29, 1.82) is 0 Å². The second kappa shape index (κ2) is 6.99. The largest absolute Gasteiger partial charge is 0.486 e. The molecule has 0 unspecified atom stereocenters. The number of hydrogen-bond acceptors (Lipinski definition) is 7. The summed E-state index contributed by atoms with van der Waals surface area (Å²) in [5, 5.41) is 3.39. The van der Waals surface area contributed by atoms with E-state index < -0.39 is 0 Å². The van der Waals surface area contributed by atoms with E-state index >= 15 is 0 Å². The molecule has 1 aromatic carbocycles. The average Bonchev–Trinajstić information content (AvgIpc) is 2.67. The molecule has 0 bridgehead atoms. The maximum atomic E-state index is 6.11. The van der Waals surface area contributed by atoms with E-state index in [4.69, 9.17) is 19.4 Å². The number of ether oxygens (including phenoxy) is 2. The maximum absolute atomic E-state index is 6.11. The first-order valence-electron chi connectivity index (χ1n) is 8.99. The lowest BCUT2D eigenvalue weighted by Crippen LogP contribution is -2.40. The second-order valence-corrected chi connectivity index (χ2v) is 6.97. The van der Waals surface area contributed by atoms with Crippen molar-refractivity contribution in [1.82, 2.24) is 15.3 Å². The van der Waals surface area contributed by atoms with Crippen LogP contribution in [0.25, 0.3) is 0 Å². The SMILES string of the molecule is CN(C)c1nc2c(c(N(C)C[C@@H]3COc4ccccc4O3)n1)CCNC2. The van der Waals surface area contributed by atoms with E-state index in [9.17, 15) is 0 Å². The molecule has 4 rings (SSSR count). The van der Waals surface area contributed by atoms with Crippen LogP contribution in [-0.4, -0.2) is 56.9 Å². The topological polar surface area (TPSA) is 62.8 Å². The highest BCUT2D eigenvalue weighted by molar-refractivity contribution is 5.54. The summed E-state index contributed by atoms with van der Waals surface area (Å²) in [5.74, 6) is 3.34. The zero-order valence-corrected chi connectivity index (χ0v) is 15.5. The first-order chi connectivity index (χ1) is 12.6. The highest BCUT2D eigenvalue weighted by atomic mass is 16.6. The number of benzene rings is 1. The number of para-hydroxylation sites is 2. The minimum Gasteiger partial charge on any atom is -0.486 e. The van der Waals surface area contributed by atoms with Gasteiger partial charge in [0.15, 0.2) is 17.6 Å². The number of hydrogen-bond donors (Lipinski definition) is 1. The van der Waals surface area contributed by atoms with Gasteiger partial charge in [-0.25, -0.2) is 4.98 Å². The molecule has 1 aromatic heterocycles. The number of nitrogens with zero attached hydrogens (tertiary/aromatic N) is 4. The number of rotatable bonds is 4. The van der Waals surface area contributed by atoms with Crippen LogP contribution in [0.2, 0.25) is 0 Å². The van der Waals surface area contributed by atoms with Crippen molar-refractivity contribution in [3.63, 3.8) is 0 Å². The number of likely N-dealkylation sites (N-methyl/N-ethyl adjacent to an activating group) is 1. The lowest BCUT2D eigenvalue weighted by Gasteiger charge is -2.32. The van der Waals surface area contributed by atoms with Crippen molar-refractivity contribution in [2.24, 2.45) is 0 Å². The van der Waals surface area contributed by atoms with E-state index in [-0.39, 0.29) is 6.10 Å². The van der Waals surface area contributed by atoms with Crippen LogP contribution in [0.15, 0.2) is 24.3 Å². The zero-order valence-electron chi connectivity index (χ0n) is 15.5. The molecule has 0 radical (unpaired) electrons. The molecule has 0 saturated carbocycles. The Labute approximate surface area is 153 Å². The van der Waals surface area contributed by atoms with Gasteiger partial charge in [0.2, 0.25) is 5.95 Å². The van der Waals surface area contributed by atoms with Crippen LogP contribution in [0.5, 0.6) is 11.5 Å². The van der Waals surface area contributed by atoms with Crippen LogP contribution in [0.1, 0.15) is 11.3 Å². The van der Waals surface area contributed by atoms with Crippen LogP contribution in [0.4, 0.5) is 11.8 Å². The summed E-state index contributed by atoms with van der Waals surface area (Å²) in [6.45, 7) is 2.99. The fraction of sp³-hybridized carbons (Fsp3) is 0.474. The maximum Gasteiger partial charge on any atom is 0.227 e. The van der Waals surface area contributed by atoms with Crippen molar-refractivity contribution in [3.8, 4) is 11.5 Å². The third-order valence-electron chi connectivity index (χ3n) is 4.71. The van der Waals surface area contributed by atoms with Crippen molar-refractivity contribution in [2.75, 3.05) is 50.6 Å². The van der Waals surface area contributed by atoms with E-state index in [1.165, 1.54) is 5.56 Å². The first kappa shape index (κ1) is 16.9. The Morgan fingerprint density at radius 1 is 1.15 bits per heavy atom. The zero-order chi connectivity index (χ0) is 18.1. The highest BCUT2D eigenvalue weighted by Gasteiger charge is 2.25. The van der Waals surface area contributed by atoms with Crippen molar-refractivity contribution in [2.45, 2.75) is 19.1 Å². The highest BCUT2D eigenvalue weighted by Crippen LogP contribution is 2.32. The van der Waals surface area contributed by atoms with Gasteiger partial charge in [0, 0.05) is 33.3 Å². The van der Waals surface area contributed by atoms with Crippen molar-refractivity contribution < 1.29 is 9.47 Å². The Kier molecular flexibility index (Phi) is 4.55. The quantitative estimate of drug-likeness (QED) is 0.891. The van der Waals surface area contributed by atoms with Gasteiger partial charge < -0.3 is 24.6 Å². The lowest BCUT2D eigenvalue weighted by atomic mass is 10.1. The third kappa shape index (κ3) is 3.26. The molecule has 3 heterocycles. The second-order valence-electron chi connectivity index (χ2n) is 6.97. The van der Waals surface area contributed by atoms with Crippen LogP contribution in [-0.2, 0) is 13.0 Å². The molecule has 0 aliphatic carbocycles. The van der Waals surface area contributed by atoms with Gasteiger partial charge in [0.25, 0.3) is 0 Å². The summed E-state index contributed by atoms with van der Waals surface area (Å²) in [7, 11) is 6.00. The molecule has 1 atom stereocenters. The lowest BCUT2D eigenvalue weighted by molar-refractivity contribution is 0.0959. The fourth-order valence-corrected chi connectivity index (χ4v) is 3.39. The summed E-state index contributed by atoms with van der Waals surface area (Å²) in [5.41, 5.74) is 2.32. The van der Waals surface area contributed by atoms with Crippen LogP contribution in [0.3, 0.4) is 0 Å². The molecule has 2 aromatic rings. The molecule has 2 aliphatic rings. The number of nitrogens with one attached hydrogen (secondary N) is 1. The monoisotopic (exact) mass is 355 g/mol. The van der Waals surface area contributed by atoms with Crippen LogP contribution >= 0.6 is 0 Å². The minimum atomic E-state index is -0.0370. The van der Waals surface area contributed by atoms with Gasteiger partial charge in [0.05, 0.1) is 12.2 Å². The number of anilines is 2. The van der Waals surface area contributed by atoms with Gasteiger partial charge in [-0.3, -0.25) is 0 Å². The normalized spacial score (nSPS) is 18.2. The van der Waals surface area contributed by atoms with Gasteiger partial charge in [-0.05, 0) is 25.1 Å². The Morgan fingerprint density at radius 3 is 2.77 bits per heavy atom. The van der Waals surface area contributed by atoms with E-state index in [2.05, 4.69) is 17.3 Å². The van der Waals surface area contributed by atoms with E-state index in [0.29, 0.717) is 13.2 Å². The summed E-state index contributed by atoms with van der Waals surface area (Å²) in [6, 6.07) is 7.81. The Morgan fingerprint density at radius 2 is 1.96 bits per heavy atom. The average molecular weight is 355 g/mol. The van der Waals surface area contributed by atoms with E-state index in [1.54, 1.807) is 0 Å². The molecule has 7 nitrogen and oxygen atoms in total. The van der Waals surface area contributed by atoms with E-state index in [0.717, 1.165) is 48.5 Å². The molecule has 1 N–H and O–H groups in total. The van der Waals surface area contributed by atoms with Crippen molar-refractivity contribution in [3.05, 3.63) is 35.5 Å². The Hall–Kier alpha value is -2.54. The molecule has 7 heteroatoms. The minimum absolute atomic E-state index is 0.0370. The predicted molar refractivity (Wildman–Crippen MR) is 101 cm³/mol. The molecular formula is C19H25N5O2. The molecule has 0 spiro atoms. The van der Waals surface area contributed by atoms with Crippen LogP contribution < -0.4 is 24.6 Å². The number of fused-ring (bicyclic) bond motifs is 2. The van der Waals surface area contributed by atoms with Crippen LogP contribution in [0, 0.1) is 0 Å². The smallest absolute Gasteiger partial charge is 0.227 e.